The van der Waals surface area contributed by atoms with Crippen LogP contribution in [0.1, 0.15) is 52.4 Å². The van der Waals surface area contributed by atoms with Crippen molar-refractivity contribution in [2.75, 3.05) is 17.3 Å². The maximum Gasteiger partial charge on any atom is 0.250 e. The summed E-state index contributed by atoms with van der Waals surface area (Å²) in [5, 5.41) is 20.6. The van der Waals surface area contributed by atoms with Gasteiger partial charge in [0.25, 0.3) is 0 Å². The predicted octanol–water partition coefficient (Wildman–Crippen LogP) is 3.85. The van der Waals surface area contributed by atoms with Crippen molar-refractivity contribution < 1.29 is 19.5 Å². The zero-order valence-corrected chi connectivity index (χ0v) is 21.1. The smallest absolute Gasteiger partial charge is 0.250 e. The van der Waals surface area contributed by atoms with Crippen LogP contribution in [0, 0.1) is 0 Å². The van der Waals surface area contributed by atoms with E-state index in [-0.39, 0.29) is 24.3 Å². The molecule has 0 heterocycles. The van der Waals surface area contributed by atoms with Crippen LogP contribution in [0.5, 0.6) is 0 Å². The van der Waals surface area contributed by atoms with Crippen LogP contribution in [-0.2, 0) is 14.4 Å². The fourth-order valence-electron chi connectivity index (χ4n) is 3.64. The van der Waals surface area contributed by atoms with Gasteiger partial charge < -0.3 is 21.1 Å². The normalized spacial score (nSPS) is 13.6. The van der Waals surface area contributed by atoms with Gasteiger partial charge in [-0.05, 0) is 54.7 Å². The van der Waals surface area contributed by atoms with Crippen LogP contribution in [0.3, 0.4) is 0 Å². The molecule has 3 unspecified atom stereocenters. The number of hydrogen-bond acceptors (Lipinski definition) is 5. The summed E-state index contributed by atoms with van der Waals surface area (Å²) in [7, 11) is 0. The van der Waals surface area contributed by atoms with Gasteiger partial charge in [-0.2, -0.15) is 11.8 Å². The monoisotopic (exact) mass is 487 g/mol. The molecule has 0 aliphatic rings. The number of aliphatic hydroxyl groups is 1. The van der Waals surface area contributed by atoms with E-state index in [1.165, 1.54) is 0 Å². The second kappa shape index (κ2) is 14.6. The molecular weight excluding hydrogens is 450 g/mol. The summed E-state index contributed by atoms with van der Waals surface area (Å²) in [6.45, 7) is 4.03. The zero-order chi connectivity index (χ0) is 24.9. The second-order valence-electron chi connectivity index (χ2n) is 8.58. The first-order valence-electron chi connectivity index (χ1n) is 11.9. The number of unbranched alkanes of at least 4 members (excludes halogenated alkanes) is 2. The molecule has 3 amide bonds. The average Bonchev–Trinajstić information content (AvgIpc) is 2.81. The lowest BCUT2D eigenvalue weighted by atomic mass is 10.1. The van der Waals surface area contributed by atoms with Crippen LogP contribution in [-0.4, -0.2) is 53.0 Å². The maximum absolute atomic E-state index is 12.9. The summed E-state index contributed by atoms with van der Waals surface area (Å²) in [4.78, 5) is 37.7. The van der Waals surface area contributed by atoms with Gasteiger partial charge in [0.15, 0.2) is 0 Å². The summed E-state index contributed by atoms with van der Waals surface area (Å²) in [5.74, 6) is -0.817. The molecule has 2 rings (SSSR count). The molecule has 0 aromatic heterocycles. The van der Waals surface area contributed by atoms with Gasteiger partial charge in [-0.3, -0.25) is 14.4 Å². The van der Waals surface area contributed by atoms with Crippen LogP contribution in [0.4, 0.5) is 5.69 Å². The number of amides is 3. The van der Waals surface area contributed by atoms with Gasteiger partial charge in [0.2, 0.25) is 17.7 Å². The topological polar surface area (TPSA) is 108 Å². The zero-order valence-electron chi connectivity index (χ0n) is 20.3. The van der Waals surface area contributed by atoms with Crippen molar-refractivity contribution in [3.8, 4) is 0 Å². The third kappa shape index (κ3) is 9.35. The lowest BCUT2D eigenvalue weighted by Gasteiger charge is -2.21. The Balaban J connectivity index is 1.93. The molecule has 34 heavy (non-hydrogen) atoms. The molecule has 0 saturated heterocycles. The van der Waals surface area contributed by atoms with E-state index in [4.69, 9.17) is 0 Å². The van der Waals surface area contributed by atoms with Gasteiger partial charge in [-0.1, -0.05) is 56.5 Å². The molecule has 0 radical (unpaired) electrons. The summed E-state index contributed by atoms with van der Waals surface area (Å²) in [5.41, 5.74) is 0.629. The summed E-state index contributed by atoms with van der Waals surface area (Å²) in [6, 6.07) is 12.6. The van der Waals surface area contributed by atoms with Gasteiger partial charge in [0.1, 0.15) is 12.1 Å². The quantitative estimate of drug-likeness (QED) is 0.303. The van der Waals surface area contributed by atoms with E-state index in [0.29, 0.717) is 17.9 Å². The summed E-state index contributed by atoms with van der Waals surface area (Å²) >= 11 is 1.56. The molecule has 7 nitrogen and oxygen atoms in total. The highest BCUT2D eigenvalue weighted by Gasteiger charge is 2.26. The molecule has 0 spiro atoms. The van der Waals surface area contributed by atoms with E-state index in [2.05, 4.69) is 22.9 Å². The molecule has 4 N–H and O–H groups in total. The summed E-state index contributed by atoms with van der Waals surface area (Å²) < 4.78 is 0. The van der Waals surface area contributed by atoms with Gasteiger partial charge in [0, 0.05) is 11.7 Å². The second-order valence-corrected chi connectivity index (χ2v) is 9.56. The molecule has 0 aliphatic carbocycles. The SMILES string of the molecule is CCCCCC(C)NC(=O)CC(O)C(=O)NC(CCSC)C(=O)Nc1ccc2ccccc2c1. The van der Waals surface area contributed by atoms with Crippen LogP contribution < -0.4 is 16.0 Å². The highest BCUT2D eigenvalue weighted by molar-refractivity contribution is 7.98. The molecule has 2 aromatic rings. The predicted molar refractivity (Wildman–Crippen MR) is 140 cm³/mol. The van der Waals surface area contributed by atoms with E-state index in [1.54, 1.807) is 11.8 Å². The first-order valence-corrected chi connectivity index (χ1v) is 13.3. The number of aliphatic hydroxyl groups excluding tert-OH is 1. The van der Waals surface area contributed by atoms with Crippen molar-refractivity contribution in [2.45, 2.75) is 70.6 Å². The number of benzene rings is 2. The first-order chi connectivity index (χ1) is 16.3. The maximum atomic E-state index is 12.9. The fourth-order valence-corrected chi connectivity index (χ4v) is 4.12. The molecule has 3 atom stereocenters. The number of carbonyl (C=O) groups excluding carboxylic acids is 3. The number of rotatable bonds is 14. The van der Waals surface area contributed by atoms with E-state index in [9.17, 15) is 19.5 Å². The Kier molecular flexibility index (Phi) is 11.9. The minimum Gasteiger partial charge on any atom is -0.383 e. The standard InChI is InChI=1S/C26H37N3O4S/c1-4-5-6-9-18(2)27-24(31)17-23(30)26(33)29-22(14-15-34-3)25(32)28-21-13-12-19-10-7-8-11-20(19)16-21/h7-8,10-13,16,18,22-23,30H,4-6,9,14-15,17H2,1-3H3,(H,27,31)(H,28,32)(H,29,33). The van der Waals surface area contributed by atoms with Gasteiger partial charge >= 0.3 is 0 Å². The van der Waals surface area contributed by atoms with Gasteiger partial charge in [0.05, 0.1) is 6.42 Å². The summed E-state index contributed by atoms with van der Waals surface area (Å²) in [6.07, 6.45) is 4.54. The third-order valence-corrected chi connectivity index (χ3v) is 6.23. The lowest BCUT2D eigenvalue weighted by molar-refractivity contribution is -0.136. The van der Waals surface area contributed by atoms with Crippen LogP contribution in [0.25, 0.3) is 10.8 Å². The molecule has 0 aliphatic heterocycles. The Bertz CT molecular complexity index is 953. The van der Waals surface area contributed by atoms with Crippen molar-refractivity contribution in [2.24, 2.45) is 0 Å². The van der Waals surface area contributed by atoms with E-state index < -0.39 is 18.1 Å². The Morgan fingerprint density at radius 3 is 2.41 bits per heavy atom. The number of nitrogens with one attached hydrogen (secondary N) is 3. The van der Waals surface area contributed by atoms with Crippen molar-refractivity contribution in [3.63, 3.8) is 0 Å². The van der Waals surface area contributed by atoms with E-state index in [0.717, 1.165) is 36.5 Å². The number of carbonyl (C=O) groups is 3. The highest BCUT2D eigenvalue weighted by Crippen LogP contribution is 2.19. The van der Waals surface area contributed by atoms with Crippen molar-refractivity contribution in [3.05, 3.63) is 42.5 Å². The molecule has 0 bridgehead atoms. The lowest BCUT2D eigenvalue weighted by Crippen LogP contribution is -2.49. The van der Waals surface area contributed by atoms with Crippen molar-refractivity contribution >= 4 is 45.9 Å². The molecule has 0 fully saturated rings. The Hall–Kier alpha value is -2.58. The number of anilines is 1. The third-order valence-electron chi connectivity index (χ3n) is 5.59. The first kappa shape index (κ1) is 27.7. The molecule has 8 heteroatoms. The van der Waals surface area contributed by atoms with Gasteiger partial charge in [-0.25, -0.2) is 0 Å². The fraction of sp³-hybridized carbons (Fsp3) is 0.500. The Morgan fingerprint density at radius 1 is 0.971 bits per heavy atom. The van der Waals surface area contributed by atoms with Gasteiger partial charge in [-0.15, -0.1) is 0 Å². The van der Waals surface area contributed by atoms with Crippen molar-refractivity contribution in [1.82, 2.24) is 10.6 Å². The minimum atomic E-state index is -1.52. The minimum absolute atomic E-state index is 0.0173. The van der Waals surface area contributed by atoms with Crippen LogP contribution in [0.15, 0.2) is 42.5 Å². The van der Waals surface area contributed by atoms with Crippen molar-refractivity contribution in [1.29, 1.82) is 0 Å². The number of thioether (sulfide) groups is 1. The van der Waals surface area contributed by atoms with Crippen LogP contribution in [0.2, 0.25) is 0 Å². The van der Waals surface area contributed by atoms with Crippen LogP contribution >= 0.6 is 11.8 Å². The number of fused-ring (bicyclic) bond motifs is 1. The van der Waals surface area contributed by atoms with E-state index >= 15 is 0 Å². The molecule has 186 valence electrons. The van der Waals surface area contributed by atoms with E-state index in [1.807, 2.05) is 55.6 Å². The Morgan fingerprint density at radius 2 is 1.71 bits per heavy atom. The largest absolute Gasteiger partial charge is 0.383 e. The molecular formula is C26H37N3O4S. The molecule has 2 aromatic carbocycles. The average molecular weight is 488 g/mol. The highest BCUT2D eigenvalue weighted by atomic mass is 32.2. The molecule has 0 saturated carbocycles. The number of hydrogen-bond donors (Lipinski definition) is 4. The Labute approximate surface area is 206 Å².